The first-order valence-corrected chi connectivity index (χ1v) is 7.67. The van der Waals surface area contributed by atoms with Crippen molar-refractivity contribution in [3.8, 4) is 0 Å². The second kappa shape index (κ2) is 6.82. The number of carbonyl (C=O) groups excluding carboxylic acids is 1. The summed E-state index contributed by atoms with van der Waals surface area (Å²) in [5, 5.41) is 18.7. The van der Waals surface area contributed by atoms with Crippen molar-refractivity contribution in [1.29, 1.82) is 0 Å². The quantitative estimate of drug-likeness (QED) is 0.697. The average molecular weight is 358 g/mol. The number of carbonyl (C=O) groups is 2. The van der Waals surface area contributed by atoms with Crippen LogP contribution in [0.2, 0.25) is 0 Å². The molecular formula is C16H15FN6O3. The number of rotatable bonds is 5. The number of halogens is 1. The van der Waals surface area contributed by atoms with E-state index in [9.17, 15) is 14.0 Å². The van der Waals surface area contributed by atoms with E-state index in [0.29, 0.717) is 28.1 Å². The van der Waals surface area contributed by atoms with Crippen LogP contribution in [0.1, 0.15) is 27.4 Å². The summed E-state index contributed by atoms with van der Waals surface area (Å²) in [7, 11) is 0. The summed E-state index contributed by atoms with van der Waals surface area (Å²) in [5.41, 5.74) is 2.35. The minimum absolute atomic E-state index is 0.00866. The van der Waals surface area contributed by atoms with Gasteiger partial charge in [-0.05, 0) is 19.9 Å². The van der Waals surface area contributed by atoms with Gasteiger partial charge in [-0.1, -0.05) is 5.21 Å². The molecule has 0 aliphatic heterocycles. The first-order valence-electron chi connectivity index (χ1n) is 7.67. The van der Waals surface area contributed by atoms with Crippen LogP contribution in [0, 0.1) is 19.7 Å². The lowest BCUT2D eigenvalue weighted by Crippen LogP contribution is -2.24. The minimum atomic E-state index is -1.05. The van der Waals surface area contributed by atoms with Crippen LogP contribution < -0.4 is 5.32 Å². The van der Waals surface area contributed by atoms with Crippen molar-refractivity contribution in [3.63, 3.8) is 0 Å². The number of carboxylic acid groups (broad SMARTS) is 1. The molecule has 0 atom stereocenters. The second-order valence-electron chi connectivity index (χ2n) is 5.70. The van der Waals surface area contributed by atoms with Gasteiger partial charge in [-0.2, -0.15) is 0 Å². The summed E-state index contributed by atoms with van der Waals surface area (Å²) in [4.78, 5) is 31.7. The molecule has 0 aliphatic rings. The highest BCUT2D eigenvalue weighted by Crippen LogP contribution is 2.19. The normalized spacial score (nSPS) is 10.9. The maximum Gasteiger partial charge on any atom is 0.325 e. The molecule has 3 rings (SSSR count). The number of benzene rings is 1. The summed E-state index contributed by atoms with van der Waals surface area (Å²) in [5.74, 6) is -2.19. The Kier molecular flexibility index (Phi) is 4.57. The molecule has 0 saturated carbocycles. The second-order valence-corrected chi connectivity index (χ2v) is 5.70. The highest BCUT2D eigenvalue weighted by molar-refractivity contribution is 6.04. The molecule has 0 saturated heterocycles. The Morgan fingerprint density at radius 1 is 1.23 bits per heavy atom. The number of amides is 1. The largest absolute Gasteiger partial charge is 0.480 e. The van der Waals surface area contributed by atoms with Crippen LogP contribution >= 0.6 is 0 Å². The molecule has 134 valence electrons. The molecule has 0 radical (unpaired) electrons. The highest BCUT2D eigenvalue weighted by atomic mass is 19.1. The fourth-order valence-electron chi connectivity index (χ4n) is 2.37. The van der Waals surface area contributed by atoms with E-state index in [1.165, 1.54) is 12.3 Å². The molecule has 0 bridgehead atoms. The monoisotopic (exact) mass is 358 g/mol. The average Bonchev–Trinajstić information content (AvgIpc) is 3.00. The number of aliphatic carboxylic acids is 1. The van der Waals surface area contributed by atoms with E-state index >= 15 is 0 Å². The van der Waals surface area contributed by atoms with Gasteiger partial charge >= 0.3 is 5.97 Å². The van der Waals surface area contributed by atoms with Gasteiger partial charge in [0.05, 0.1) is 35.2 Å². The Balaban J connectivity index is 1.82. The van der Waals surface area contributed by atoms with E-state index in [1.807, 2.05) is 0 Å². The molecule has 0 spiro atoms. The Morgan fingerprint density at radius 3 is 2.69 bits per heavy atom. The van der Waals surface area contributed by atoms with Crippen molar-refractivity contribution in [3.05, 3.63) is 46.8 Å². The molecule has 1 aromatic carbocycles. The predicted octanol–water partition coefficient (Wildman–Crippen LogP) is 0.992. The summed E-state index contributed by atoms with van der Waals surface area (Å²) < 4.78 is 15.0. The van der Waals surface area contributed by atoms with Gasteiger partial charge in [-0.15, -0.1) is 5.10 Å². The van der Waals surface area contributed by atoms with Gasteiger partial charge < -0.3 is 10.4 Å². The van der Waals surface area contributed by atoms with Crippen LogP contribution in [0.4, 0.5) is 4.39 Å². The highest BCUT2D eigenvalue weighted by Gasteiger charge is 2.16. The topological polar surface area (TPSA) is 123 Å². The van der Waals surface area contributed by atoms with E-state index < -0.39 is 17.7 Å². The van der Waals surface area contributed by atoms with Gasteiger partial charge in [-0.25, -0.2) is 19.0 Å². The zero-order valence-electron chi connectivity index (χ0n) is 14.0. The molecule has 10 heteroatoms. The summed E-state index contributed by atoms with van der Waals surface area (Å²) in [6, 6.07) is 2.32. The summed E-state index contributed by atoms with van der Waals surface area (Å²) >= 11 is 0. The Labute approximate surface area is 146 Å². The third kappa shape index (κ3) is 3.63. The standard InChI is InChI=1S/C16H15FN6O3/c1-8-9(2)20-15-12(3-10(17)4-13(15)19-8)16(26)18-5-11-6-23(22-21-11)7-14(24)25/h3-4,6H,5,7H2,1-2H3,(H,18,26)(H,24,25). The van der Waals surface area contributed by atoms with E-state index in [-0.39, 0.29) is 18.7 Å². The SMILES string of the molecule is Cc1nc2cc(F)cc(C(=O)NCc3cn(CC(=O)O)nn3)c2nc1C. The van der Waals surface area contributed by atoms with E-state index in [0.717, 1.165) is 10.7 Å². The van der Waals surface area contributed by atoms with Crippen molar-refractivity contribution < 1.29 is 19.1 Å². The van der Waals surface area contributed by atoms with Crippen LogP contribution in [-0.2, 0) is 17.9 Å². The summed E-state index contributed by atoms with van der Waals surface area (Å²) in [6.07, 6.45) is 1.41. The van der Waals surface area contributed by atoms with Crippen molar-refractivity contribution >= 4 is 22.9 Å². The first-order chi connectivity index (χ1) is 12.3. The smallest absolute Gasteiger partial charge is 0.325 e. The van der Waals surface area contributed by atoms with Gasteiger partial charge in [0, 0.05) is 6.07 Å². The lowest BCUT2D eigenvalue weighted by Gasteiger charge is -2.08. The van der Waals surface area contributed by atoms with Crippen molar-refractivity contribution in [2.45, 2.75) is 26.9 Å². The zero-order chi connectivity index (χ0) is 18.8. The number of hydrogen-bond donors (Lipinski definition) is 2. The number of nitrogens with zero attached hydrogens (tertiary/aromatic N) is 5. The Bertz CT molecular complexity index is 1020. The molecule has 2 heterocycles. The fourth-order valence-corrected chi connectivity index (χ4v) is 2.37. The number of hydrogen-bond acceptors (Lipinski definition) is 6. The first kappa shape index (κ1) is 17.4. The van der Waals surface area contributed by atoms with Crippen molar-refractivity contribution in [1.82, 2.24) is 30.3 Å². The van der Waals surface area contributed by atoms with Crippen LogP contribution in [0.25, 0.3) is 11.0 Å². The molecule has 2 aromatic heterocycles. The van der Waals surface area contributed by atoms with Crippen LogP contribution in [0.3, 0.4) is 0 Å². The Hall–Kier alpha value is -3.43. The van der Waals surface area contributed by atoms with Gasteiger partial charge in [0.25, 0.3) is 5.91 Å². The Morgan fingerprint density at radius 2 is 1.96 bits per heavy atom. The number of fused-ring (bicyclic) bond motifs is 1. The number of carboxylic acids is 1. The zero-order valence-corrected chi connectivity index (χ0v) is 14.0. The molecular weight excluding hydrogens is 343 g/mol. The van der Waals surface area contributed by atoms with E-state index in [1.54, 1.807) is 13.8 Å². The van der Waals surface area contributed by atoms with Gasteiger partial charge in [-0.3, -0.25) is 9.59 Å². The fraction of sp³-hybridized carbons (Fsp3) is 0.250. The summed E-state index contributed by atoms with van der Waals surface area (Å²) in [6.45, 7) is 3.19. The van der Waals surface area contributed by atoms with Crippen molar-refractivity contribution in [2.24, 2.45) is 0 Å². The molecule has 26 heavy (non-hydrogen) atoms. The molecule has 0 aliphatic carbocycles. The third-order valence-corrected chi connectivity index (χ3v) is 3.70. The van der Waals surface area contributed by atoms with Gasteiger partial charge in [0.2, 0.25) is 0 Å². The maximum atomic E-state index is 13.8. The van der Waals surface area contributed by atoms with Gasteiger partial charge in [0.1, 0.15) is 23.6 Å². The van der Waals surface area contributed by atoms with Crippen LogP contribution in [0.5, 0.6) is 0 Å². The number of aromatic nitrogens is 5. The van der Waals surface area contributed by atoms with E-state index in [2.05, 4.69) is 25.6 Å². The predicted molar refractivity (Wildman–Crippen MR) is 87.8 cm³/mol. The lowest BCUT2D eigenvalue weighted by atomic mass is 10.1. The molecule has 9 nitrogen and oxygen atoms in total. The lowest BCUT2D eigenvalue weighted by molar-refractivity contribution is -0.137. The maximum absolute atomic E-state index is 13.8. The number of aryl methyl sites for hydroxylation is 2. The molecule has 0 fully saturated rings. The third-order valence-electron chi connectivity index (χ3n) is 3.70. The van der Waals surface area contributed by atoms with Crippen molar-refractivity contribution in [2.75, 3.05) is 0 Å². The van der Waals surface area contributed by atoms with Crippen LogP contribution in [-0.4, -0.2) is 41.9 Å². The van der Waals surface area contributed by atoms with Gasteiger partial charge in [0.15, 0.2) is 0 Å². The number of nitrogens with one attached hydrogen (secondary N) is 1. The molecule has 2 N–H and O–H groups in total. The molecule has 3 aromatic rings. The molecule has 1 amide bonds. The minimum Gasteiger partial charge on any atom is -0.480 e. The molecule has 0 unspecified atom stereocenters. The van der Waals surface area contributed by atoms with Crippen LogP contribution in [0.15, 0.2) is 18.3 Å². The van der Waals surface area contributed by atoms with E-state index in [4.69, 9.17) is 5.11 Å².